The number of nitrogens with zero attached hydrogens (tertiary/aromatic N) is 2. The Kier molecular flexibility index (Phi) is 7.71. The molecule has 0 spiro atoms. The Balaban J connectivity index is 1.30. The number of esters is 1. The van der Waals surface area contributed by atoms with E-state index in [1.54, 1.807) is 30.3 Å². The summed E-state index contributed by atoms with van der Waals surface area (Å²) in [5.41, 5.74) is 1.28. The number of halogens is 1. The van der Waals surface area contributed by atoms with E-state index >= 15 is 0 Å². The molecule has 2 aromatic carbocycles. The predicted octanol–water partition coefficient (Wildman–Crippen LogP) is 4.46. The number of ether oxygens (including phenoxy) is 1. The van der Waals surface area contributed by atoms with Crippen molar-refractivity contribution in [2.45, 2.75) is 18.9 Å². The molecule has 0 aliphatic carbocycles. The molecule has 0 bridgehead atoms. The number of nitro groups is 1. The van der Waals surface area contributed by atoms with Crippen LogP contribution in [0.25, 0.3) is 0 Å². The second-order valence-electron chi connectivity index (χ2n) is 8.18. The van der Waals surface area contributed by atoms with Crippen molar-refractivity contribution in [3.63, 3.8) is 0 Å². The van der Waals surface area contributed by atoms with Crippen LogP contribution in [0.1, 0.15) is 29.3 Å². The van der Waals surface area contributed by atoms with E-state index in [1.807, 2.05) is 22.4 Å². The van der Waals surface area contributed by atoms with E-state index in [0.717, 1.165) is 10.4 Å². The smallest absolute Gasteiger partial charge is 0.309 e. The van der Waals surface area contributed by atoms with Gasteiger partial charge in [-0.05, 0) is 48.1 Å². The number of hydrogen-bond acceptors (Lipinski definition) is 7. The molecule has 35 heavy (non-hydrogen) atoms. The fourth-order valence-corrected chi connectivity index (χ4v) is 4.93. The van der Waals surface area contributed by atoms with Gasteiger partial charge in [0.15, 0.2) is 6.61 Å². The van der Waals surface area contributed by atoms with E-state index in [1.165, 1.54) is 29.5 Å². The third-order valence-electron chi connectivity index (χ3n) is 5.93. The van der Waals surface area contributed by atoms with Crippen LogP contribution in [0.5, 0.6) is 0 Å². The highest BCUT2D eigenvalue weighted by atomic mass is 32.1. The second-order valence-corrected chi connectivity index (χ2v) is 9.16. The van der Waals surface area contributed by atoms with Crippen LogP contribution in [0.4, 0.5) is 15.8 Å². The van der Waals surface area contributed by atoms with Crippen LogP contribution in [0.15, 0.2) is 66.0 Å². The van der Waals surface area contributed by atoms with Gasteiger partial charge in [-0.1, -0.05) is 30.3 Å². The maximum atomic E-state index is 13.3. The summed E-state index contributed by atoms with van der Waals surface area (Å²) in [6.07, 6.45) is 0.944. The lowest BCUT2D eigenvalue weighted by Crippen LogP contribution is -2.38. The van der Waals surface area contributed by atoms with Gasteiger partial charge in [0, 0.05) is 24.0 Å². The summed E-state index contributed by atoms with van der Waals surface area (Å²) in [7, 11) is 0. The Morgan fingerprint density at radius 1 is 1.11 bits per heavy atom. The van der Waals surface area contributed by atoms with E-state index < -0.39 is 29.4 Å². The summed E-state index contributed by atoms with van der Waals surface area (Å²) < 4.78 is 18.6. The van der Waals surface area contributed by atoms with Gasteiger partial charge in [-0.2, -0.15) is 0 Å². The van der Waals surface area contributed by atoms with E-state index in [9.17, 15) is 24.1 Å². The molecule has 2 heterocycles. The molecule has 1 amide bonds. The van der Waals surface area contributed by atoms with Crippen molar-refractivity contribution in [3.05, 3.63) is 92.4 Å². The summed E-state index contributed by atoms with van der Waals surface area (Å²) in [6, 6.07) is 15.7. The molecule has 1 atom stereocenters. The Bertz CT molecular complexity index is 1180. The monoisotopic (exact) mass is 497 g/mol. The molecule has 1 saturated heterocycles. The summed E-state index contributed by atoms with van der Waals surface area (Å²) >= 11 is 1.46. The molecule has 1 unspecified atom stereocenters. The largest absolute Gasteiger partial charge is 0.455 e. The fraction of sp³-hybridized carbons (Fsp3) is 0.280. The molecule has 10 heteroatoms. The number of carbonyl (C=O) groups excluding carboxylic acids is 2. The topological polar surface area (TPSA) is 102 Å². The first-order valence-corrected chi connectivity index (χ1v) is 12.0. The number of amides is 1. The number of anilines is 1. The first kappa shape index (κ1) is 24.3. The molecule has 1 aliphatic heterocycles. The van der Waals surface area contributed by atoms with Crippen LogP contribution >= 0.6 is 11.3 Å². The number of piperidine rings is 1. The summed E-state index contributed by atoms with van der Waals surface area (Å²) in [4.78, 5) is 38.8. The zero-order valence-corrected chi connectivity index (χ0v) is 19.6. The maximum absolute atomic E-state index is 13.3. The number of hydrogen-bond donors (Lipinski definition) is 1. The van der Waals surface area contributed by atoms with Crippen LogP contribution in [-0.4, -0.2) is 36.5 Å². The fourth-order valence-electron chi connectivity index (χ4n) is 4.13. The standard InChI is InChI=1S/C25H24FN3O5S/c26-19-9-7-17(8-10-19)24(22-6-3-15-35-22)27-23(30)16-34-25(31)18-11-13-28(14-12-18)20-4-1-2-5-21(20)29(32)33/h1-10,15,18,24H,11-14,16H2,(H,27,30). The molecule has 0 radical (unpaired) electrons. The highest BCUT2D eigenvalue weighted by Gasteiger charge is 2.29. The van der Waals surface area contributed by atoms with Gasteiger partial charge >= 0.3 is 5.97 Å². The van der Waals surface area contributed by atoms with Crippen molar-refractivity contribution in [3.8, 4) is 0 Å². The Morgan fingerprint density at radius 2 is 1.83 bits per heavy atom. The SMILES string of the molecule is O=C(COC(=O)C1CCN(c2ccccc2[N+](=O)[O-])CC1)NC(c1ccc(F)cc1)c1cccs1. The predicted molar refractivity (Wildman–Crippen MR) is 130 cm³/mol. The summed E-state index contributed by atoms with van der Waals surface area (Å²) in [5.74, 6) is -1.67. The van der Waals surface area contributed by atoms with Gasteiger partial charge in [0.05, 0.1) is 16.9 Å². The van der Waals surface area contributed by atoms with Crippen LogP contribution in [0, 0.1) is 21.8 Å². The van der Waals surface area contributed by atoms with Gasteiger partial charge in [0.1, 0.15) is 11.5 Å². The molecule has 1 aliphatic rings. The van der Waals surface area contributed by atoms with E-state index in [0.29, 0.717) is 31.6 Å². The zero-order chi connectivity index (χ0) is 24.8. The van der Waals surface area contributed by atoms with E-state index in [2.05, 4.69) is 5.32 Å². The number of thiophene rings is 1. The molecule has 3 aromatic rings. The maximum Gasteiger partial charge on any atom is 0.309 e. The lowest BCUT2D eigenvalue weighted by molar-refractivity contribution is -0.384. The van der Waals surface area contributed by atoms with E-state index in [-0.39, 0.29) is 17.4 Å². The quantitative estimate of drug-likeness (QED) is 0.280. The molecule has 4 rings (SSSR count). The van der Waals surface area contributed by atoms with Crippen LogP contribution in [0.3, 0.4) is 0 Å². The van der Waals surface area contributed by atoms with Crippen molar-refractivity contribution in [2.24, 2.45) is 5.92 Å². The van der Waals surface area contributed by atoms with Gasteiger partial charge in [0.25, 0.3) is 11.6 Å². The Morgan fingerprint density at radius 3 is 2.49 bits per heavy atom. The van der Waals surface area contributed by atoms with Crippen molar-refractivity contribution in [1.82, 2.24) is 5.32 Å². The average molecular weight is 498 g/mol. The van der Waals surface area contributed by atoms with Gasteiger partial charge in [-0.15, -0.1) is 11.3 Å². The number of carbonyl (C=O) groups is 2. The van der Waals surface area contributed by atoms with Gasteiger partial charge in [-0.3, -0.25) is 19.7 Å². The Hall–Kier alpha value is -3.79. The molecule has 8 nitrogen and oxygen atoms in total. The first-order valence-electron chi connectivity index (χ1n) is 11.2. The Labute approximate surface area is 205 Å². The van der Waals surface area contributed by atoms with Crippen molar-refractivity contribution in [2.75, 3.05) is 24.6 Å². The number of nitro benzene ring substituents is 1. The minimum Gasteiger partial charge on any atom is -0.455 e. The second kappa shape index (κ2) is 11.1. The molecule has 1 fully saturated rings. The normalized spacial score (nSPS) is 14.8. The minimum absolute atomic E-state index is 0.0339. The summed E-state index contributed by atoms with van der Waals surface area (Å²) in [5, 5.41) is 16.0. The van der Waals surface area contributed by atoms with Crippen LogP contribution in [-0.2, 0) is 14.3 Å². The number of rotatable bonds is 8. The van der Waals surface area contributed by atoms with E-state index in [4.69, 9.17) is 4.74 Å². The number of nitrogens with one attached hydrogen (secondary N) is 1. The first-order chi connectivity index (χ1) is 16.9. The number of para-hydroxylation sites is 2. The zero-order valence-electron chi connectivity index (χ0n) is 18.8. The lowest BCUT2D eigenvalue weighted by atomic mass is 9.96. The molecular weight excluding hydrogens is 473 g/mol. The highest BCUT2D eigenvalue weighted by molar-refractivity contribution is 7.10. The van der Waals surface area contributed by atoms with Crippen molar-refractivity contribution >= 4 is 34.6 Å². The highest BCUT2D eigenvalue weighted by Crippen LogP contribution is 2.31. The van der Waals surface area contributed by atoms with Gasteiger partial charge < -0.3 is 15.0 Å². The average Bonchev–Trinajstić information content (AvgIpc) is 3.41. The van der Waals surface area contributed by atoms with Crippen LogP contribution < -0.4 is 10.2 Å². The minimum atomic E-state index is -0.480. The van der Waals surface area contributed by atoms with Crippen LogP contribution in [0.2, 0.25) is 0 Å². The van der Waals surface area contributed by atoms with Crippen molar-refractivity contribution in [1.29, 1.82) is 0 Å². The molecule has 0 saturated carbocycles. The molecule has 182 valence electrons. The third-order valence-corrected chi connectivity index (χ3v) is 6.87. The molecular formula is C25H24FN3O5S. The van der Waals surface area contributed by atoms with Gasteiger partial charge in [0.2, 0.25) is 0 Å². The molecule has 1 N–H and O–H groups in total. The number of benzene rings is 2. The van der Waals surface area contributed by atoms with Crippen molar-refractivity contribution < 1.29 is 23.6 Å². The summed E-state index contributed by atoms with van der Waals surface area (Å²) in [6.45, 7) is 0.524. The molecule has 1 aromatic heterocycles. The lowest BCUT2D eigenvalue weighted by Gasteiger charge is -2.32. The van der Waals surface area contributed by atoms with Gasteiger partial charge in [-0.25, -0.2) is 4.39 Å². The third kappa shape index (κ3) is 6.02.